The second-order valence-electron chi connectivity index (χ2n) is 7.44. The van der Waals surface area contributed by atoms with Crippen LogP contribution >= 0.6 is 11.3 Å². The van der Waals surface area contributed by atoms with E-state index in [9.17, 15) is 9.59 Å². The summed E-state index contributed by atoms with van der Waals surface area (Å²) in [6.45, 7) is 2.61. The van der Waals surface area contributed by atoms with E-state index in [0.29, 0.717) is 18.9 Å². The maximum Gasteiger partial charge on any atom is 0.247 e. The van der Waals surface area contributed by atoms with Crippen molar-refractivity contribution >= 4 is 28.8 Å². The van der Waals surface area contributed by atoms with Crippen LogP contribution in [0.5, 0.6) is 0 Å². The van der Waals surface area contributed by atoms with E-state index < -0.39 is 0 Å². The van der Waals surface area contributed by atoms with Crippen molar-refractivity contribution in [2.45, 2.75) is 51.5 Å². The standard InChI is InChI=1S/C20H24N4O2S/c1-13-22-23-20(27-13)15-5-4-6-16(12-15)21-19(26)17-7-2-3-10-24(17)18(25)11-14-8-9-14/h4-6,12,14,17H,2-3,7-11H2,1H3,(H,21,26)/t17-/m1/s1. The predicted octanol–water partition coefficient (Wildman–Crippen LogP) is 3.63. The number of nitrogens with zero attached hydrogens (tertiary/aromatic N) is 3. The molecule has 0 unspecified atom stereocenters. The Morgan fingerprint density at radius 3 is 2.81 bits per heavy atom. The third-order valence-electron chi connectivity index (χ3n) is 5.19. The molecule has 1 aromatic heterocycles. The highest BCUT2D eigenvalue weighted by Gasteiger charge is 2.34. The van der Waals surface area contributed by atoms with Crippen LogP contribution in [-0.2, 0) is 9.59 Å². The second-order valence-corrected chi connectivity index (χ2v) is 8.62. The molecule has 1 saturated carbocycles. The predicted molar refractivity (Wildman–Crippen MR) is 105 cm³/mol. The van der Waals surface area contributed by atoms with E-state index in [1.54, 1.807) is 4.90 Å². The Hall–Kier alpha value is -2.28. The summed E-state index contributed by atoms with van der Waals surface area (Å²) in [4.78, 5) is 27.3. The lowest BCUT2D eigenvalue weighted by atomic mass is 10.00. The molecule has 4 rings (SSSR count). The Morgan fingerprint density at radius 2 is 2.07 bits per heavy atom. The molecule has 27 heavy (non-hydrogen) atoms. The zero-order valence-electron chi connectivity index (χ0n) is 15.5. The summed E-state index contributed by atoms with van der Waals surface area (Å²) in [6.07, 6.45) is 5.58. The van der Waals surface area contributed by atoms with Gasteiger partial charge in [-0.1, -0.05) is 23.5 Å². The first kappa shape index (κ1) is 18.1. The molecule has 7 heteroatoms. The molecule has 1 saturated heterocycles. The third-order valence-corrected chi connectivity index (χ3v) is 6.08. The minimum absolute atomic E-state index is 0.0931. The molecule has 142 valence electrons. The number of hydrogen-bond acceptors (Lipinski definition) is 5. The number of hydrogen-bond donors (Lipinski definition) is 1. The van der Waals surface area contributed by atoms with Gasteiger partial charge in [0.1, 0.15) is 16.1 Å². The smallest absolute Gasteiger partial charge is 0.247 e. The van der Waals surface area contributed by atoms with Gasteiger partial charge in [0, 0.05) is 24.2 Å². The molecule has 1 aliphatic heterocycles. The van der Waals surface area contributed by atoms with Gasteiger partial charge >= 0.3 is 0 Å². The largest absolute Gasteiger partial charge is 0.331 e. The van der Waals surface area contributed by atoms with E-state index in [1.807, 2.05) is 31.2 Å². The zero-order valence-corrected chi connectivity index (χ0v) is 16.3. The first-order chi connectivity index (χ1) is 13.1. The van der Waals surface area contributed by atoms with E-state index in [4.69, 9.17) is 0 Å². The number of nitrogens with one attached hydrogen (secondary N) is 1. The van der Waals surface area contributed by atoms with Crippen LogP contribution in [0.4, 0.5) is 5.69 Å². The van der Waals surface area contributed by atoms with Crippen molar-refractivity contribution in [1.29, 1.82) is 0 Å². The highest BCUT2D eigenvalue weighted by atomic mass is 32.1. The molecule has 2 aliphatic rings. The van der Waals surface area contributed by atoms with Crippen molar-refractivity contribution in [2.24, 2.45) is 5.92 Å². The SMILES string of the molecule is Cc1nnc(-c2cccc(NC(=O)[C@H]3CCCCN3C(=O)CC3CC3)c2)s1. The van der Waals surface area contributed by atoms with Gasteiger partial charge in [0.2, 0.25) is 11.8 Å². The van der Waals surface area contributed by atoms with E-state index >= 15 is 0 Å². The number of anilines is 1. The average molecular weight is 385 g/mol. The van der Waals surface area contributed by atoms with Crippen molar-refractivity contribution in [3.05, 3.63) is 29.3 Å². The number of likely N-dealkylation sites (tertiary alicyclic amines) is 1. The maximum atomic E-state index is 12.9. The lowest BCUT2D eigenvalue weighted by molar-refractivity contribution is -0.140. The van der Waals surface area contributed by atoms with Crippen LogP contribution in [0.25, 0.3) is 10.6 Å². The highest BCUT2D eigenvalue weighted by molar-refractivity contribution is 7.14. The van der Waals surface area contributed by atoms with E-state index in [1.165, 1.54) is 11.3 Å². The summed E-state index contributed by atoms with van der Waals surface area (Å²) < 4.78 is 0. The Balaban J connectivity index is 1.46. The van der Waals surface area contributed by atoms with Gasteiger partial charge in [-0.3, -0.25) is 9.59 Å². The van der Waals surface area contributed by atoms with Gasteiger partial charge in [-0.15, -0.1) is 10.2 Å². The molecule has 2 fully saturated rings. The monoisotopic (exact) mass is 384 g/mol. The summed E-state index contributed by atoms with van der Waals surface area (Å²) in [6, 6.07) is 7.28. The van der Waals surface area contributed by atoms with Gasteiger partial charge in [-0.25, -0.2) is 0 Å². The van der Waals surface area contributed by atoms with Gasteiger partial charge in [-0.05, 0) is 57.1 Å². The molecule has 1 N–H and O–H groups in total. The third kappa shape index (κ3) is 4.35. The van der Waals surface area contributed by atoms with Crippen LogP contribution in [0, 0.1) is 12.8 Å². The van der Waals surface area contributed by atoms with Crippen molar-refractivity contribution < 1.29 is 9.59 Å². The molecular formula is C20H24N4O2S. The quantitative estimate of drug-likeness (QED) is 0.854. The molecule has 6 nitrogen and oxygen atoms in total. The lowest BCUT2D eigenvalue weighted by Gasteiger charge is -2.35. The van der Waals surface area contributed by atoms with E-state index in [0.717, 1.165) is 53.4 Å². The number of piperidine rings is 1. The normalized spacial score (nSPS) is 19.7. The van der Waals surface area contributed by atoms with Crippen LogP contribution in [-0.4, -0.2) is 39.5 Å². The summed E-state index contributed by atoms with van der Waals surface area (Å²) >= 11 is 1.52. The van der Waals surface area contributed by atoms with Crippen LogP contribution in [0.15, 0.2) is 24.3 Å². The van der Waals surface area contributed by atoms with Crippen LogP contribution in [0.3, 0.4) is 0 Å². The fourth-order valence-corrected chi connectivity index (χ4v) is 4.25. The summed E-state index contributed by atoms with van der Waals surface area (Å²) in [5, 5.41) is 13.0. The Labute approximate surface area is 163 Å². The molecular weight excluding hydrogens is 360 g/mol. The first-order valence-corrected chi connectivity index (χ1v) is 10.4. The highest BCUT2D eigenvalue weighted by Crippen LogP contribution is 2.34. The Bertz CT molecular complexity index is 846. The Kier molecular flexibility index (Phi) is 5.20. The fraction of sp³-hybridized carbons (Fsp3) is 0.500. The molecule has 2 aromatic rings. The molecule has 1 atom stereocenters. The molecule has 0 spiro atoms. The van der Waals surface area contributed by atoms with Crippen molar-refractivity contribution in [1.82, 2.24) is 15.1 Å². The number of benzene rings is 1. The van der Waals surface area contributed by atoms with Crippen molar-refractivity contribution in [2.75, 3.05) is 11.9 Å². The fourth-order valence-electron chi connectivity index (χ4n) is 3.56. The first-order valence-electron chi connectivity index (χ1n) is 9.61. The van der Waals surface area contributed by atoms with E-state index in [2.05, 4.69) is 15.5 Å². The van der Waals surface area contributed by atoms with Gasteiger partial charge in [0.25, 0.3) is 0 Å². The lowest BCUT2D eigenvalue weighted by Crippen LogP contribution is -2.50. The van der Waals surface area contributed by atoms with Crippen molar-refractivity contribution in [3.63, 3.8) is 0 Å². The minimum Gasteiger partial charge on any atom is -0.331 e. The minimum atomic E-state index is -0.363. The number of rotatable bonds is 5. The topological polar surface area (TPSA) is 75.2 Å². The summed E-state index contributed by atoms with van der Waals surface area (Å²) in [5.41, 5.74) is 1.66. The molecule has 0 radical (unpaired) electrons. The number of carbonyl (C=O) groups is 2. The van der Waals surface area contributed by atoms with Gasteiger partial charge in [0.05, 0.1) is 0 Å². The van der Waals surface area contributed by atoms with E-state index in [-0.39, 0.29) is 17.9 Å². The van der Waals surface area contributed by atoms with Gasteiger partial charge < -0.3 is 10.2 Å². The number of aromatic nitrogens is 2. The number of amides is 2. The van der Waals surface area contributed by atoms with Gasteiger partial charge in [0.15, 0.2) is 0 Å². The molecule has 1 aliphatic carbocycles. The Morgan fingerprint density at radius 1 is 1.22 bits per heavy atom. The zero-order chi connectivity index (χ0) is 18.8. The number of aryl methyl sites for hydroxylation is 1. The summed E-state index contributed by atoms with van der Waals surface area (Å²) in [5.74, 6) is 0.579. The average Bonchev–Trinajstić information content (AvgIpc) is 3.38. The second kappa shape index (κ2) is 7.76. The molecule has 1 aromatic carbocycles. The number of carbonyl (C=O) groups excluding carboxylic acids is 2. The van der Waals surface area contributed by atoms with Crippen LogP contribution in [0.1, 0.15) is 43.5 Å². The van der Waals surface area contributed by atoms with Crippen molar-refractivity contribution in [3.8, 4) is 10.6 Å². The molecule has 2 heterocycles. The van der Waals surface area contributed by atoms with Crippen LogP contribution < -0.4 is 5.32 Å². The van der Waals surface area contributed by atoms with Gasteiger partial charge in [-0.2, -0.15) is 0 Å². The van der Waals surface area contributed by atoms with Crippen LogP contribution in [0.2, 0.25) is 0 Å². The molecule has 0 bridgehead atoms. The maximum absolute atomic E-state index is 12.9. The molecule has 2 amide bonds. The summed E-state index contributed by atoms with van der Waals surface area (Å²) in [7, 11) is 0.